The summed E-state index contributed by atoms with van der Waals surface area (Å²) in [5.74, 6) is 0.166. The smallest absolute Gasteiger partial charge is 0.220 e. The summed E-state index contributed by atoms with van der Waals surface area (Å²) in [6.07, 6.45) is 2.49. The van der Waals surface area contributed by atoms with Gasteiger partial charge in [0.2, 0.25) is 5.91 Å². The maximum atomic E-state index is 10.8. The van der Waals surface area contributed by atoms with Crippen LogP contribution < -0.4 is 5.32 Å². The van der Waals surface area contributed by atoms with Crippen molar-refractivity contribution in [1.82, 2.24) is 5.32 Å². The fraction of sp³-hybridized carbons (Fsp3) is 0.857. The highest BCUT2D eigenvalue weighted by Crippen LogP contribution is 2.33. The molecule has 1 unspecified atom stereocenters. The monoisotopic (exact) mass is 153 g/mol. The molecule has 60 valence electrons. The zero-order valence-corrected chi connectivity index (χ0v) is 6.50. The number of nitrogens with zero attached hydrogens (tertiary/aromatic N) is 2. The molecule has 2 heterocycles. The van der Waals surface area contributed by atoms with E-state index in [1.165, 1.54) is 0 Å². The average molecular weight is 153 g/mol. The number of rotatable bonds is 2. The normalized spacial score (nSPS) is 32.1. The van der Waals surface area contributed by atoms with Crippen molar-refractivity contribution < 1.29 is 4.79 Å². The number of carbonyl (C=O) groups is 1. The molecule has 0 bridgehead atoms. The molecule has 1 amide bonds. The van der Waals surface area contributed by atoms with E-state index in [2.05, 4.69) is 15.5 Å². The summed E-state index contributed by atoms with van der Waals surface area (Å²) in [6.45, 7) is 1.98. The molecule has 4 heteroatoms. The van der Waals surface area contributed by atoms with Crippen molar-refractivity contribution >= 4 is 5.91 Å². The summed E-state index contributed by atoms with van der Waals surface area (Å²) in [4.78, 5) is 10.8. The van der Waals surface area contributed by atoms with Gasteiger partial charge in [-0.05, 0) is 13.3 Å². The number of hydrogen-bond acceptors (Lipinski definition) is 3. The minimum atomic E-state index is -0.164. The van der Waals surface area contributed by atoms with E-state index in [-0.39, 0.29) is 11.6 Å². The average Bonchev–Trinajstić information content (AvgIpc) is 2.49. The van der Waals surface area contributed by atoms with Gasteiger partial charge in [-0.25, -0.2) is 0 Å². The van der Waals surface area contributed by atoms with Crippen LogP contribution in [-0.4, -0.2) is 17.6 Å². The maximum Gasteiger partial charge on any atom is 0.220 e. The Morgan fingerprint density at radius 3 is 2.91 bits per heavy atom. The van der Waals surface area contributed by atoms with Crippen LogP contribution in [0.4, 0.5) is 0 Å². The van der Waals surface area contributed by atoms with Gasteiger partial charge in [0.25, 0.3) is 0 Å². The lowest BCUT2D eigenvalue weighted by molar-refractivity contribution is -0.119. The molecule has 1 saturated heterocycles. The number of hydrogen-bond donors (Lipinski definition) is 1. The first-order valence-corrected chi connectivity index (χ1v) is 3.91. The van der Waals surface area contributed by atoms with Crippen LogP contribution in [0.3, 0.4) is 0 Å². The molecule has 0 aromatic rings. The molecule has 2 rings (SSSR count). The predicted molar refractivity (Wildman–Crippen MR) is 39.0 cm³/mol. The largest absolute Gasteiger partial charge is 0.353 e. The van der Waals surface area contributed by atoms with Crippen molar-refractivity contribution in [2.75, 3.05) is 0 Å². The highest BCUT2D eigenvalue weighted by Gasteiger charge is 2.38. The Morgan fingerprint density at radius 2 is 2.45 bits per heavy atom. The molecule has 2 aliphatic heterocycles. The third-order valence-electron chi connectivity index (χ3n) is 2.16. The summed E-state index contributed by atoms with van der Waals surface area (Å²) in [5.41, 5.74) is -0.164. The van der Waals surface area contributed by atoms with Gasteiger partial charge in [-0.3, -0.25) is 4.79 Å². The standard InChI is InChI=1S/C7H11N3O/c1-7(9-10-7)4-5-2-3-6(11)8-5/h5H,2-4H2,1H3,(H,8,11). The van der Waals surface area contributed by atoms with E-state index in [9.17, 15) is 4.79 Å². The second-order valence-corrected chi connectivity index (χ2v) is 3.42. The summed E-state index contributed by atoms with van der Waals surface area (Å²) in [7, 11) is 0. The van der Waals surface area contributed by atoms with Crippen LogP contribution in [0.1, 0.15) is 26.2 Å². The molecular weight excluding hydrogens is 142 g/mol. The molecule has 4 nitrogen and oxygen atoms in total. The first-order valence-electron chi connectivity index (χ1n) is 3.91. The second-order valence-electron chi connectivity index (χ2n) is 3.42. The van der Waals surface area contributed by atoms with Gasteiger partial charge in [0.15, 0.2) is 5.66 Å². The number of nitrogens with one attached hydrogen (secondary N) is 1. The van der Waals surface area contributed by atoms with E-state index < -0.39 is 0 Å². The van der Waals surface area contributed by atoms with Crippen molar-refractivity contribution in [2.45, 2.75) is 37.9 Å². The second kappa shape index (κ2) is 2.03. The van der Waals surface area contributed by atoms with Gasteiger partial charge >= 0.3 is 0 Å². The SMILES string of the molecule is CC1(CC2CCC(=O)N2)N=N1. The predicted octanol–water partition coefficient (Wildman–Crippen LogP) is 0.837. The van der Waals surface area contributed by atoms with Crippen molar-refractivity contribution in [3.63, 3.8) is 0 Å². The summed E-state index contributed by atoms with van der Waals surface area (Å²) >= 11 is 0. The van der Waals surface area contributed by atoms with E-state index in [0.717, 1.165) is 12.8 Å². The minimum Gasteiger partial charge on any atom is -0.353 e. The number of amides is 1. The Bertz CT molecular complexity index is 218. The topological polar surface area (TPSA) is 53.8 Å². The summed E-state index contributed by atoms with van der Waals surface area (Å²) in [6, 6.07) is 0.308. The Morgan fingerprint density at radius 1 is 1.73 bits per heavy atom. The summed E-state index contributed by atoms with van der Waals surface area (Å²) < 4.78 is 0. The first-order chi connectivity index (χ1) is 5.18. The van der Waals surface area contributed by atoms with Crippen LogP contribution in [0, 0.1) is 0 Å². The van der Waals surface area contributed by atoms with Crippen LogP contribution in [0.2, 0.25) is 0 Å². The minimum absolute atomic E-state index is 0.164. The van der Waals surface area contributed by atoms with Crippen molar-refractivity contribution in [1.29, 1.82) is 0 Å². The van der Waals surface area contributed by atoms with Gasteiger partial charge in [0.1, 0.15) is 0 Å². The zero-order valence-electron chi connectivity index (χ0n) is 6.50. The molecular formula is C7H11N3O. The molecule has 0 aromatic heterocycles. The van der Waals surface area contributed by atoms with Crippen LogP contribution >= 0.6 is 0 Å². The third kappa shape index (κ3) is 1.39. The van der Waals surface area contributed by atoms with E-state index >= 15 is 0 Å². The van der Waals surface area contributed by atoms with Crippen molar-refractivity contribution in [3.8, 4) is 0 Å². The molecule has 1 atom stereocenters. The van der Waals surface area contributed by atoms with Crippen LogP contribution in [0.5, 0.6) is 0 Å². The highest BCUT2D eigenvalue weighted by atomic mass is 16.1. The lowest BCUT2D eigenvalue weighted by Crippen LogP contribution is -2.29. The van der Waals surface area contributed by atoms with Crippen molar-refractivity contribution in [2.24, 2.45) is 10.2 Å². The van der Waals surface area contributed by atoms with Gasteiger partial charge in [-0.15, -0.1) is 0 Å². The lowest BCUT2D eigenvalue weighted by Gasteiger charge is -2.10. The van der Waals surface area contributed by atoms with Crippen LogP contribution in [0.25, 0.3) is 0 Å². The molecule has 0 spiro atoms. The molecule has 0 saturated carbocycles. The van der Waals surface area contributed by atoms with Crippen molar-refractivity contribution in [3.05, 3.63) is 0 Å². The van der Waals surface area contributed by atoms with Gasteiger partial charge in [0, 0.05) is 18.9 Å². The molecule has 1 fully saturated rings. The Kier molecular flexibility index (Phi) is 1.25. The van der Waals surface area contributed by atoms with E-state index in [1.807, 2.05) is 6.92 Å². The van der Waals surface area contributed by atoms with Gasteiger partial charge in [-0.1, -0.05) is 0 Å². The fourth-order valence-electron chi connectivity index (χ4n) is 1.46. The quantitative estimate of drug-likeness (QED) is 0.627. The maximum absolute atomic E-state index is 10.8. The van der Waals surface area contributed by atoms with E-state index in [0.29, 0.717) is 12.5 Å². The molecule has 11 heavy (non-hydrogen) atoms. The highest BCUT2D eigenvalue weighted by molar-refractivity contribution is 5.78. The van der Waals surface area contributed by atoms with Crippen LogP contribution in [0.15, 0.2) is 10.2 Å². The Balaban J connectivity index is 1.83. The fourth-order valence-corrected chi connectivity index (χ4v) is 1.46. The molecule has 2 aliphatic rings. The zero-order chi connectivity index (χ0) is 7.90. The molecule has 1 N–H and O–H groups in total. The molecule has 0 radical (unpaired) electrons. The lowest BCUT2D eigenvalue weighted by atomic mass is 10.0. The first kappa shape index (κ1) is 6.76. The number of carbonyl (C=O) groups excluding carboxylic acids is 1. The van der Waals surface area contributed by atoms with Crippen LogP contribution in [-0.2, 0) is 4.79 Å². The van der Waals surface area contributed by atoms with E-state index in [1.54, 1.807) is 0 Å². The van der Waals surface area contributed by atoms with Gasteiger partial charge in [-0.2, -0.15) is 10.2 Å². The Labute approximate surface area is 65.1 Å². The Hall–Kier alpha value is -0.930. The van der Waals surface area contributed by atoms with E-state index in [4.69, 9.17) is 0 Å². The molecule has 0 aliphatic carbocycles. The van der Waals surface area contributed by atoms with Gasteiger partial charge in [0.05, 0.1) is 0 Å². The third-order valence-corrected chi connectivity index (χ3v) is 2.16. The summed E-state index contributed by atoms with van der Waals surface area (Å²) in [5, 5.41) is 10.7. The molecule has 0 aromatic carbocycles. The van der Waals surface area contributed by atoms with Gasteiger partial charge < -0.3 is 5.32 Å².